The summed E-state index contributed by atoms with van der Waals surface area (Å²) >= 11 is 1.78. The highest BCUT2D eigenvalue weighted by Gasteiger charge is 2.20. The van der Waals surface area contributed by atoms with Crippen molar-refractivity contribution >= 4 is 33.1 Å². The molecule has 1 N–H and O–H groups in total. The topological polar surface area (TPSA) is 48.5 Å². The fourth-order valence-electron chi connectivity index (χ4n) is 4.04. The van der Waals surface area contributed by atoms with Gasteiger partial charge in [-0.25, -0.2) is 4.98 Å². The molecule has 3 aromatic rings. The van der Waals surface area contributed by atoms with Crippen molar-refractivity contribution in [3.63, 3.8) is 0 Å². The Balaban J connectivity index is 1.28. The van der Waals surface area contributed by atoms with Gasteiger partial charge in [0.15, 0.2) is 0 Å². The second-order valence-electron chi connectivity index (χ2n) is 7.95. The van der Waals surface area contributed by atoms with E-state index in [9.17, 15) is 4.79 Å². The number of carbonyl (C=O) groups excluding carboxylic acids is 1. The lowest BCUT2D eigenvalue weighted by atomic mass is 10.1. The number of hydrogen-bond donors (Lipinski definition) is 1. The van der Waals surface area contributed by atoms with Crippen LogP contribution in [0.2, 0.25) is 0 Å². The van der Waals surface area contributed by atoms with Gasteiger partial charge >= 0.3 is 0 Å². The predicted octanol–water partition coefficient (Wildman–Crippen LogP) is 3.98. The normalized spacial score (nSPS) is 15.7. The number of nitrogens with zero attached hydrogens (tertiary/aromatic N) is 3. The maximum absolute atomic E-state index is 12.6. The van der Waals surface area contributed by atoms with Gasteiger partial charge in [-0.05, 0) is 44.0 Å². The van der Waals surface area contributed by atoms with Crippen LogP contribution < -0.4 is 5.32 Å². The summed E-state index contributed by atoms with van der Waals surface area (Å²) in [5.41, 5.74) is 5.51. The molecule has 0 radical (unpaired) electrons. The quantitative estimate of drug-likeness (QED) is 0.694. The predicted molar refractivity (Wildman–Crippen MR) is 121 cm³/mol. The molecule has 4 rings (SSSR count). The first-order chi connectivity index (χ1) is 14.0. The third kappa shape index (κ3) is 4.83. The summed E-state index contributed by atoms with van der Waals surface area (Å²) in [7, 11) is 0. The zero-order chi connectivity index (χ0) is 20.4. The number of amides is 1. The Labute approximate surface area is 176 Å². The van der Waals surface area contributed by atoms with Crippen molar-refractivity contribution < 1.29 is 4.79 Å². The summed E-state index contributed by atoms with van der Waals surface area (Å²) in [4.78, 5) is 22.0. The maximum atomic E-state index is 12.6. The third-order valence-electron chi connectivity index (χ3n) is 5.47. The van der Waals surface area contributed by atoms with Crippen molar-refractivity contribution in [2.24, 2.45) is 0 Å². The molecule has 1 aliphatic heterocycles. The van der Waals surface area contributed by atoms with E-state index < -0.39 is 0 Å². The van der Waals surface area contributed by atoms with Gasteiger partial charge in [-0.15, -0.1) is 11.3 Å². The molecule has 29 heavy (non-hydrogen) atoms. The summed E-state index contributed by atoms with van der Waals surface area (Å²) in [6.45, 7) is 11.3. The van der Waals surface area contributed by atoms with E-state index in [4.69, 9.17) is 4.98 Å². The van der Waals surface area contributed by atoms with E-state index >= 15 is 0 Å². The van der Waals surface area contributed by atoms with E-state index in [-0.39, 0.29) is 5.91 Å². The lowest BCUT2D eigenvalue weighted by molar-refractivity contribution is -0.117. The standard InChI is InChI=1S/C23H28N4OS/c1-16-12-17(2)23(18(3)13-16)25-21(28)14-26-8-10-27(11-9-26)15-22-24-19-6-4-5-7-20(19)29-22/h4-7,12-13H,8-11,14-15H2,1-3H3,(H,25,28). The zero-order valence-electron chi connectivity index (χ0n) is 17.4. The Hall–Kier alpha value is -2.28. The zero-order valence-corrected chi connectivity index (χ0v) is 18.2. The van der Waals surface area contributed by atoms with Gasteiger partial charge < -0.3 is 5.32 Å². The average Bonchev–Trinajstić information content (AvgIpc) is 3.08. The van der Waals surface area contributed by atoms with E-state index in [1.165, 1.54) is 15.3 Å². The molecule has 2 heterocycles. The van der Waals surface area contributed by atoms with Gasteiger partial charge in [-0.1, -0.05) is 29.8 Å². The number of benzene rings is 2. The lowest BCUT2D eigenvalue weighted by Gasteiger charge is -2.33. The molecule has 1 aromatic heterocycles. The minimum absolute atomic E-state index is 0.0691. The number of carbonyl (C=O) groups is 1. The molecule has 2 aromatic carbocycles. The van der Waals surface area contributed by atoms with Crippen LogP contribution in [0.25, 0.3) is 10.2 Å². The van der Waals surface area contributed by atoms with Crippen molar-refractivity contribution in [3.8, 4) is 0 Å². The minimum atomic E-state index is 0.0691. The first-order valence-electron chi connectivity index (χ1n) is 10.1. The Bertz CT molecular complexity index is 965. The Morgan fingerprint density at radius 3 is 2.38 bits per heavy atom. The fraction of sp³-hybridized carbons (Fsp3) is 0.391. The molecule has 5 nitrogen and oxygen atoms in total. The summed E-state index contributed by atoms with van der Waals surface area (Å²) in [6, 6.07) is 12.5. The number of piperazine rings is 1. The molecule has 0 bridgehead atoms. The largest absolute Gasteiger partial charge is 0.324 e. The molecule has 0 saturated carbocycles. The van der Waals surface area contributed by atoms with Gasteiger partial charge in [0.2, 0.25) is 5.91 Å². The van der Waals surface area contributed by atoms with Crippen LogP contribution in [0.3, 0.4) is 0 Å². The SMILES string of the molecule is Cc1cc(C)c(NC(=O)CN2CCN(Cc3nc4ccccc4s3)CC2)c(C)c1. The number of anilines is 1. The highest BCUT2D eigenvalue weighted by Crippen LogP contribution is 2.23. The van der Waals surface area contributed by atoms with Crippen molar-refractivity contribution in [1.82, 2.24) is 14.8 Å². The number of aromatic nitrogens is 1. The van der Waals surface area contributed by atoms with Gasteiger partial charge in [0.1, 0.15) is 5.01 Å². The van der Waals surface area contributed by atoms with E-state index in [2.05, 4.69) is 66.2 Å². The fourth-order valence-corrected chi connectivity index (χ4v) is 5.05. The van der Waals surface area contributed by atoms with Gasteiger partial charge in [-0.2, -0.15) is 0 Å². The molecule has 0 aliphatic carbocycles. The van der Waals surface area contributed by atoms with Gasteiger partial charge in [-0.3, -0.25) is 14.6 Å². The van der Waals surface area contributed by atoms with Crippen molar-refractivity contribution in [3.05, 3.63) is 58.1 Å². The highest BCUT2D eigenvalue weighted by atomic mass is 32.1. The minimum Gasteiger partial charge on any atom is -0.324 e. The maximum Gasteiger partial charge on any atom is 0.238 e. The van der Waals surface area contributed by atoms with Crippen LogP contribution in [0.15, 0.2) is 36.4 Å². The van der Waals surface area contributed by atoms with E-state index in [1.807, 2.05) is 6.07 Å². The van der Waals surface area contributed by atoms with Crippen molar-refractivity contribution in [1.29, 1.82) is 0 Å². The van der Waals surface area contributed by atoms with Crippen molar-refractivity contribution in [2.45, 2.75) is 27.3 Å². The molecule has 1 saturated heterocycles. The lowest BCUT2D eigenvalue weighted by Crippen LogP contribution is -2.48. The molecule has 6 heteroatoms. The number of aryl methyl sites for hydroxylation is 3. The van der Waals surface area contributed by atoms with E-state index in [0.717, 1.165) is 55.1 Å². The van der Waals surface area contributed by atoms with Crippen LogP contribution in [0.1, 0.15) is 21.7 Å². The van der Waals surface area contributed by atoms with Gasteiger partial charge in [0.25, 0.3) is 0 Å². The molecule has 1 aliphatic rings. The van der Waals surface area contributed by atoms with E-state index in [1.54, 1.807) is 11.3 Å². The molecular formula is C23H28N4OS. The molecule has 0 atom stereocenters. The summed E-state index contributed by atoms with van der Waals surface area (Å²) in [5, 5.41) is 4.29. The molecule has 1 fully saturated rings. The number of hydrogen-bond acceptors (Lipinski definition) is 5. The number of thiazole rings is 1. The van der Waals surface area contributed by atoms with Crippen LogP contribution in [0.4, 0.5) is 5.69 Å². The number of nitrogens with one attached hydrogen (secondary N) is 1. The first kappa shape index (κ1) is 20.0. The van der Waals surface area contributed by atoms with Crippen LogP contribution in [-0.4, -0.2) is 53.4 Å². The molecule has 152 valence electrons. The smallest absolute Gasteiger partial charge is 0.238 e. The molecular weight excluding hydrogens is 380 g/mol. The van der Waals surface area contributed by atoms with Crippen LogP contribution in [-0.2, 0) is 11.3 Å². The molecule has 0 spiro atoms. The number of fused-ring (bicyclic) bond motifs is 1. The second-order valence-corrected chi connectivity index (χ2v) is 9.06. The number of rotatable bonds is 5. The van der Waals surface area contributed by atoms with Gasteiger partial charge in [0.05, 0.1) is 23.3 Å². The first-order valence-corrected chi connectivity index (χ1v) is 11.0. The summed E-state index contributed by atoms with van der Waals surface area (Å²) < 4.78 is 1.25. The molecule has 1 amide bonds. The third-order valence-corrected chi connectivity index (χ3v) is 6.49. The Kier molecular flexibility index (Phi) is 5.94. The Morgan fingerprint density at radius 2 is 1.69 bits per heavy atom. The van der Waals surface area contributed by atoms with E-state index in [0.29, 0.717) is 6.54 Å². The molecule has 0 unspecified atom stereocenters. The summed E-state index contributed by atoms with van der Waals surface area (Å²) in [5.74, 6) is 0.0691. The average molecular weight is 409 g/mol. The second kappa shape index (κ2) is 8.61. The van der Waals surface area contributed by atoms with Crippen LogP contribution in [0, 0.1) is 20.8 Å². The van der Waals surface area contributed by atoms with Gasteiger partial charge in [0, 0.05) is 31.9 Å². The summed E-state index contributed by atoms with van der Waals surface area (Å²) in [6.07, 6.45) is 0. The highest BCUT2D eigenvalue weighted by molar-refractivity contribution is 7.18. The van der Waals surface area contributed by atoms with Crippen molar-refractivity contribution in [2.75, 3.05) is 38.0 Å². The number of para-hydroxylation sites is 1. The Morgan fingerprint density at radius 1 is 1.03 bits per heavy atom. The van der Waals surface area contributed by atoms with Crippen LogP contribution >= 0.6 is 11.3 Å². The van der Waals surface area contributed by atoms with Crippen LogP contribution in [0.5, 0.6) is 0 Å². The monoisotopic (exact) mass is 408 g/mol.